The number of hydrogen-bond donors (Lipinski definition) is 1. The van der Waals surface area contributed by atoms with Gasteiger partial charge in [0.15, 0.2) is 0 Å². The molecule has 1 atom stereocenters. The molecule has 0 radical (unpaired) electrons. The number of methoxy groups -OCH3 is 1. The van der Waals surface area contributed by atoms with Crippen molar-refractivity contribution in [2.45, 2.75) is 65.6 Å². The fourth-order valence-corrected chi connectivity index (χ4v) is 3.39. The van der Waals surface area contributed by atoms with Crippen molar-refractivity contribution in [1.82, 2.24) is 14.5 Å². The molecule has 8 nitrogen and oxygen atoms in total. The van der Waals surface area contributed by atoms with Gasteiger partial charge in [-0.15, -0.1) is 0 Å². The zero-order valence-corrected chi connectivity index (χ0v) is 15.8. The Morgan fingerprint density at radius 2 is 2.04 bits per heavy atom. The molecular formula is C18H27N3O5. The zero-order valence-electron chi connectivity index (χ0n) is 15.8. The fourth-order valence-electron chi connectivity index (χ4n) is 3.39. The lowest BCUT2D eigenvalue weighted by atomic mass is 9.84. The summed E-state index contributed by atoms with van der Waals surface area (Å²) in [5.74, 6) is -1.68. The quantitative estimate of drug-likeness (QED) is 0.737. The van der Waals surface area contributed by atoms with Gasteiger partial charge in [-0.2, -0.15) is 0 Å². The summed E-state index contributed by atoms with van der Waals surface area (Å²) in [7, 11) is 1.30. The molecule has 1 N–H and O–H groups in total. The number of hydrogen-bond acceptors (Lipinski definition) is 5. The predicted octanol–water partition coefficient (Wildman–Crippen LogP) is 1.61. The monoisotopic (exact) mass is 365 g/mol. The summed E-state index contributed by atoms with van der Waals surface area (Å²) >= 11 is 0. The van der Waals surface area contributed by atoms with E-state index in [1.807, 2.05) is 4.57 Å². The summed E-state index contributed by atoms with van der Waals surface area (Å²) in [6, 6.07) is -0.731. The van der Waals surface area contributed by atoms with E-state index in [1.165, 1.54) is 12.0 Å². The molecule has 2 rings (SSSR count). The number of carbonyl (C=O) groups is 3. The van der Waals surface area contributed by atoms with Crippen LogP contribution in [-0.2, 0) is 38.6 Å². The molecule has 0 fully saturated rings. The van der Waals surface area contributed by atoms with Gasteiger partial charge >= 0.3 is 11.9 Å². The van der Waals surface area contributed by atoms with Crippen LogP contribution >= 0.6 is 0 Å². The Bertz CT molecular complexity index is 695. The van der Waals surface area contributed by atoms with E-state index in [9.17, 15) is 14.4 Å². The van der Waals surface area contributed by atoms with Crippen LogP contribution in [-0.4, -0.2) is 50.6 Å². The Balaban J connectivity index is 2.27. The average molecular weight is 365 g/mol. The maximum absolute atomic E-state index is 12.9. The van der Waals surface area contributed by atoms with Crippen molar-refractivity contribution >= 4 is 17.8 Å². The first-order chi connectivity index (χ1) is 12.2. The van der Waals surface area contributed by atoms with Gasteiger partial charge in [0.1, 0.15) is 6.04 Å². The van der Waals surface area contributed by atoms with Crippen LogP contribution in [0.25, 0.3) is 0 Å². The second kappa shape index (κ2) is 7.88. The van der Waals surface area contributed by atoms with E-state index in [4.69, 9.17) is 9.84 Å². The number of aromatic nitrogens is 2. The number of carbonyl (C=O) groups excluding carboxylic acids is 2. The van der Waals surface area contributed by atoms with Crippen molar-refractivity contribution in [3.8, 4) is 0 Å². The van der Waals surface area contributed by atoms with Crippen molar-refractivity contribution in [3.63, 3.8) is 0 Å². The molecule has 1 aliphatic heterocycles. The Kier molecular flexibility index (Phi) is 6.05. The number of nitrogens with zero attached hydrogens (tertiary/aromatic N) is 3. The second-order valence-corrected chi connectivity index (χ2v) is 7.51. The summed E-state index contributed by atoms with van der Waals surface area (Å²) in [5.41, 5.74) is 1.03. The minimum atomic E-state index is -0.950. The Morgan fingerprint density at radius 3 is 2.62 bits per heavy atom. The number of ether oxygens (including phenoxy) is 1. The van der Waals surface area contributed by atoms with Crippen LogP contribution in [0.5, 0.6) is 0 Å². The summed E-state index contributed by atoms with van der Waals surface area (Å²) in [6.07, 6.45) is 2.91. The average Bonchev–Trinajstić information content (AvgIpc) is 2.93. The largest absolute Gasteiger partial charge is 0.481 e. The van der Waals surface area contributed by atoms with Crippen LogP contribution in [0.3, 0.4) is 0 Å². The minimum absolute atomic E-state index is 0.0457. The van der Waals surface area contributed by atoms with E-state index < -0.39 is 23.4 Å². The molecule has 0 spiro atoms. The number of fused-ring (bicyclic) bond motifs is 1. The number of carboxylic acid groups (broad SMARTS) is 1. The highest BCUT2D eigenvalue weighted by molar-refractivity contribution is 5.86. The molecular weight excluding hydrogens is 338 g/mol. The highest BCUT2D eigenvalue weighted by atomic mass is 16.5. The lowest BCUT2D eigenvalue weighted by Gasteiger charge is -2.36. The molecule has 144 valence electrons. The van der Waals surface area contributed by atoms with Crippen molar-refractivity contribution < 1.29 is 24.2 Å². The first kappa shape index (κ1) is 19.9. The van der Waals surface area contributed by atoms with Crippen LogP contribution in [0.4, 0.5) is 0 Å². The summed E-state index contributed by atoms with van der Waals surface area (Å²) in [6.45, 7) is 6.60. The smallest absolute Gasteiger partial charge is 0.329 e. The van der Waals surface area contributed by atoms with Crippen LogP contribution in [0.15, 0.2) is 6.33 Å². The topological polar surface area (TPSA) is 102 Å². The zero-order chi connectivity index (χ0) is 19.5. The molecule has 2 heterocycles. The molecule has 8 heteroatoms. The number of carboxylic acids is 1. The third-order valence-electron chi connectivity index (χ3n) is 4.63. The molecule has 1 amide bonds. The molecule has 0 unspecified atom stereocenters. The maximum atomic E-state index is 12.9. The highest BCUT2D eigenvalue weighted by Crippen LogP contribution is 2.30. The number of aliphatic carboxylic acids is 1. The van der Waals surface area contributed by atoms with E-state index in [2.05, 4.69) is 11.9 Å². The van der Waals surface area contributed by atoms with Gasteiger partial charge in [-0.05, 0) is 11.8 Å². The van der Waals surface area contributed by atoms with Gasteiger partial charge in [0.25, 0.3) is 0 Å². The van der Waals surface area contributed by atoms with Crippen molar-refractivity contribution in [3.05, 3.63) is 17.7 Å². The van der Waals surface area contributed by atoms with E-state index in [0.29, 0.717) is 6.42 Å². The standard InChI is InChI=1S/C18H27N3O5/c1-5-6-20-11-19-12-7-13(17(25)26-4)21(10-14(12)20)15(22)8-18(2,3)9-16(23)24/h11,13H,5-10H2,1-4H3,(H,23,24)/t13-/m0/s1. The van der Waals surface area contributed by atoms with Gasteiger partial charge in [0.05, 0.1) is 37.8 Å². The lowest BCUT2D eigenvalue weighted by molar-refractivity contribution is -0.155. The highest BCUT2D eigenvalue weighted by Gasteiger charge is 2.39. The van der Waals surface area contributed by atoms with Crippen molar-refractivity contribution in [1.29, 1.82) is 0 Å². The van der Waals surface area contributed by atoms with Crippen molar-refractivity contribution in [2.24, 2.45) is 5.41 Å². The third kappa shape index (κ3) is 4.42. The molecule has 1 aromatic rings. The summed E-state index contributed by atoms with van der Waals surface area (Å²) in [4.78, 5) is 42.1. The van der Waals surface area contributed by atoms with Gasteiger partial charge in [-0.1, -0.05) is 20.8 Å². The van der Waals surface area contributed by atoms with Crippen LogP contribution < -0.4 is 0 Å². The molecule has 0 aliphatic carbocycles. The summed E-state index contributed by atoms with van der Waals surface area (Å²) < 4.78 is 6.88. The van der Waals surface area contributed by atoms with Crippen molar-refractivity contribution in [2.75, 3.05) is 7.11 Å². The number of aryl methyl sites for hydroxylation is 1. The second-order valence-electron chi connectivity index (χ2n) is 7.51. The van der Waals surface area contributed by atoms with Gasteiger partial charge in [-0.25, -0.2) is 9.78 Å². The van der Waals surface area contributed by atoms with E-state index >= 15 is 0 Å². The van der Waals surface area contributed by atoms with E-state index in [1.54, 1.807) is 20.2 Å². The van der Waals surface area contributed by atoms with Gasteiger partial charge in [0, 0.05) is 19.4 Å². The third-order valence-corrected chi connectivity index (χ3v) is 4.63. The first-order valence-electron chi connectivity index (χ1n) is 8.80. The summed E-state index contributed by atoms with van der Waals surface area (Å²) in [5, 5.41) is 9.04. The minimum Gasteiger partial charge on any atom is -0.481 e. The molecule has 0 saturated carbocycles. The normalized spacial score (nSPS) is 16.9. The molecule has 1 aromatic heterocycles. The predicted molar refractivity (Wildman–Crippen MR) is 93.2 cm³/mol. The molecule has 0 bridgehead atoms. The van der Waals surface area contributed by atoms with E-state index in [-0.39, 0.29) is 25.3 Å². The van der Waals surface area contributed by atoms with Gasteiger partial charge in [-0.3, -0.25) is 9.59 Å². The van der Waals surface area contributed by atoms with Crippen LogP contribution in [0.2, 0.25) is 0 Å². The molecule has 1 aliphatic rings. The number of esters is 1. The van der Waals surface area contributed by atoms with Crippen LogP contribution in [0.1, 0.15) is 51.4 Å². The SMILES string of the molecule is CCCn1cnc2c1CN(C(=O)CC(C)(C)CC(=O)O)[C@H](C(=O)OC)C2. The number of rotatable bonds is 7. The Morgan fingerprint density at radius 1 is 1.35 bits per heavy atom. The number of amides is 1. The number of imidazole rings is 1. The Labute approximate surface area is 153 Å². The van der Waals surface area contributed by atoms with E-state index in [0.717, 1.165) is 24.4 Å². The fraction of sp³-hybridized carbons (Fsp3) is 0.667. The first-order valence-corrected chi connectivity index (χ1v) is 8.80. The Hall–Kier alpha value is -2.38. The lowest BCUT2D eigenvalue weighted by Crippen LogP contribution is -2.50. The maximum Gasteiger partial charge on any atom is 0.329 e. The molecule has 0 aromatic carbocycles. The van der Waals surface area contributed by atoms with Crippen LogP contribution in [0, 0.1) is 5.41 Å². The molecule has 26 heavy (non-hydrogen) atoms. The van der Waals surface area contributed by atoms with Gasteiger partial charge in [0.2, 0.25) is 5.91 Å². The molecule has 0 saturated heterocycles. The van der Waals surface area contributed by atoms with Gasteiger partial charge < -0.3 is 19.3 Å².